The van der Waals surface area contributed by atoms with Gasteiger partial charge >= 0.3 is 5.97 Å². The Hall–Kier alpha value is -2.18. The van der Waals surface area contributed by atoms with Gasteiger partial charge in [-0.05, 0) is 52.5 Å². The molecule has 0 bridgehead atoms. The highest BCUT2D eigenvalue weighted by Crippen LogP contribution is 2.46. The largest absolute Gasteiger partial charge is 0.477 e. The molecule has 5 nitrogen and oxygen atoms in total. The van der Waals surface area contributed by atoms with E-state index in [0.717, 1.165) is 29.7 Å². The fourth-order valence-electron chi connectivity index (χ4n) is 3.67. The molecule has 0 fully saturated rings. The number of anilines is 1. The van der Waals surface area contributed by atoms with Crippen LogP contribution in [0.4, 0.5) is 5.00 Å². The second kappa shape index (κ2) is 6.77. The minimum absolute atomic E-state index is 0.0429. The Labute approximate surface area is 163 Å². The van der Waals surface area contributed by atoms with Crippen LogP contribution in [0.5, 0.6) is 0 Å². The average Bonchev–Trinajstić information content (AvgIpc) is 3.07. The quantitative estimate of drug-likeness (QED) is 0.724. The van der Waals surface area contributed by atoms with E-state index in [4.69, 9.17) is 10.8 Å². The summed E-state index contributed by atoms with van der Waals surface area (Å²) in [6.07, 6.45) is 2.22. The molecule has 144 valence electrons. The molecule has 3 rings (SSSR count). The van der Waals surface area contributed by atoms with Crippen molar-refractivity contribution >= 4 is 28.2 Å². The van der Waals surface area contributed by atoms with E-state index < -0.39 is 12.0 Å². The number of carbonyl (C=O) groups is 2. The molecular weight excluding hydrogens is 360 g/mol. The van der Waals surface area contributed by atoms with Gasteiger partial charge in [-0.15, -0.1) is 11.3 Å². The van der Waals surface area contributed by atoms with Gasteiger partial charge in [-0.2, -0.15) is 0 Å². The molecule has 1 aromatic heterocycles. The normalized spacial score (nSPS) is 18.4. The zero-order valence-corrected chi connectivity index (χ0v) is 16.9. The molecule has 0 saturated heterocycles. The van der Waals surface area contributed by atoms with Crippen molar-refractivity contribution in [1.82, 2.24) is 0 Å². The van der Waals surface area contributed by atoms with Crippen molar-refractivity contribution in [2.45, 2.75) is 57.4 Å². The van der Waals surface area contributed by atoms with Crippen molar-refractivity contribution in [3.63, 3.8) is 0 Å². The average molecular weight is 387 g/mol. The number of benzene rings is 1. The summed E-state index contributed by atoms with van der Waals surface area (Å²) in [4.78, 5) is 23.7. The summed E-state index contributed by atoms with van der Waals surface area (Å²) in [5.41, 5.74) is 9.72. The summed E-state index contributed by atoms with van der Waals surface area (Å²) in [6, 6.07) is 8.34. The number of carboxylic acids is 1. The minimum atomic E-state index is -1.01. The van der Waals surface area contributed by atoms with Crippen LogP contribution in [0.2, 0.25) is 0 Å². The van der Waals surface area contributed by atoms with Crippen LogP contribution in [-0.2, 0) is 15.6 Å². The molecule has 1 aliphatic rings. The van der Waals surface area contributed by atoms with Crippen molar-refractivity contribution in [1.29, 1.82) is 0 Å². The number of rotatable bonds is 4. The fourth-order valence-corrected chi connectivity index (χ4v) is 4.42. The minimum Gasteiger partial charge on any atom is -0.477 e. The molecule has 0 spiro atoms. The van der Waals surface area contributed by atoms with Gasteiger partial charge in [-0.25, -0.2) is 4.79 Å². The number of hydrogen-bond acceptors (Lipinski definition) is 4. The van der Waals surface area contributed by atoms with Crippen LogP contribution < -0.4 is 11.1 Å². The zero-order chi connectivity index (χ0) is 20.0. The van der Waals surface area contributed by atoms with E-state index in [1.165, 1.54) is 17.2 Å². The molecule has 2 aromatic rings. The SMILES string of the molecule is CC1(C)CCC(C)(C)c2cc(C(N)C(=O)Nc3ccc(C(=O)O)s3)ccc21. The first-order valence-corrected chi connectivity index (χ1v) is 9.87. The van der Waals surface area contributed by atoms with Crippen LogP contribution in [0.1, 0.15) is 72.9 Å². The molecule has 6 heteroatoms. The summed E-state index contributed by atoms with van der Waals surface area (Å²) in [5, 5.41) is 12.2. The third-order valence-corrected chi connectivity index (χ3v) is 6.57. The van der Waals surface area contributed by atoms with Gasteiger partial charge < -0.3 is 16.2 Å². The van der Waals surface area contributed by atoms with Crippen molar-refractivity contribution in [2.24, 2.45) is 5.73 Å². The second-order valence-corrected chi connectivity index (χ2v) is 9.59. The third-order valence-electron chi connectivity index (χ3n) is 5.58. The molecular formula is C21H26N2O3S. The molecule has 1 aliphatic carbocycles. The monoisotopic (exact) mass is 386 g/mol. The first kappa shape index (κ1) is 19.6. The lowest BCUT2D eigenvalue weighted by Crippen LogP contribution is -2.34. The van der Waals surface area contributed by atoms with E-state index in [1.807, 2.05) is 6.07 Å². The summed E-state index contributed by atoms with van der Waals surface area (Å²) in [7, 11) is 0. The van der Waals surface area contributed by atoms with E-state index >= 15 is 0 Å². The number of aromatic carboxylic acids is 1. The lowest BCUT2D eigenvalue weighted by atomic mass is 9.63. The van der Waals surface area contributed by atoms with Gasteiger partial charge in [-0.1, -0.05) is 45.9 Å². The predicted molar refractivity (Wildman–Crippen MR) is 109 cm³/mol. The number of carbonyl (C=O) groups excluding carboxylic acids is 1. The number of nitrogens with one attached hydrogen (secondary N) is 1. The number of nitrogens with two attached hydrogens (primary N) is 1. The topological polar surface area (TPSA) is 92.4 Å². The first-order valence-electron chi connectivity index (χ1n) is 9.06. The lowest BCUT2D eigenvalue weighted by molar-refractivity contribution is -0.117. The van der Waals surface area contributed by atoms with Crippen LogP contribution in [-0.4, -0.2) is 17.0 Å². The number of amides is 1. The van der Waals surface area contributed by atoms with Crippen molar-refractivity contribution in [3.05, 3.63) is 51.9 Å². The second-order valence-electron chi connectivity index (χ2n) is 8.51. The van der Waals surface area contributed by atoms with Gasteiger partial charge in [0.05, 0.1) is 5.00 Å². The van der Waals surface area contributed by atoms with Crippen molar-refractivity contribution < 1.29 is 14.7 Å². The molecule has 0 saturated carbocycles. The highest BCUT2D eigenvalue weighted by Gasteiger charge is 2.37. The van der Waals surface area contributed by atoms with Crippen LogP contribution in [0.3, 0.4) is 0 Å². The smallest absolute Gasteiger partial charge is 0.345 e. The van der Waals surface area contributed by atoms with Gasteiger partial charge in [0, 0.05) is 0 Å². The van der Waals surface area contributed by atoms with E-state index in [-0.39, 0.29) is 21.6 Å². The highest BCUT2D eigenvalue weighted by atomic mass is 32.1. The molecule has 1 amide bonds. The van der Waals surface area contributed by atoms with Crippen LogP contribution >= 0.6 is 11.3 Å². The molecule has 0 aliphatic heterocycles. The van der Waals surface area contributed by atoms with E-state index in [9.17, 15) is 9.59 Å². The van der Waals surface area contributed by atoms with Crippen LogP contribution in [0.15, 0.2) is 30.3 Å². The van der Waals surface area contributed by atoms with Gasteiger partial charge in [0.25, 0.3) is 0 Å². The zero-order valence-electron chi connectivity index (χ0n) is 16.1. The number of fused-ring (bicyclic) bond motifs is 1. The molecule has 1 atom stereocenters. The summed E-state index contributed by atoms with van der Waals surface area (Å²) < 4.78 is 0. The number of carboxylic acid groups (broad SMARTS) is 1. The maximum Gasteiger partial charge on any atom is 0.345 e. The Morgan fingerprint density at radius 1 is 1.07 bits per heavy atom. The Kier molecular flexibility index (Phi) is 4.91. The Bertz CT molecular complexity index is 899. The third kappa shape index (κ3) is 3.77. The summed E-state index contributed by atoms with van der Waals surface area (Å²) in [6.45, 7) is 8.97. The molecule has 1 heterocycles. The Morgan fingerprint density at radius 3 is 2.30 bits per heavy atom. The molecule has 27 heavy (non-hydrogen) atoms. The molecule has 4 N–H and O–H groups in total. The predicted octanol–water partition coefficient (Wildman–Crippen LogP) is 4.43. The van der Waals surface area contributed by atoms with Gasteiger partial charge in [0.15, 0.2) is 0 Å². The van der Waals surface area contributed by atoms with Gasteiger partial charge in [-0.3, -0.25) is 4.79 Å². The van der Waals surface area contributed by atoms with E-state index in [2.05, 4.69) is 45.1 Å². The van der Waals surface area contributed by atoms with Crippen LogP contribution in [0, 0.1) is 0 Å². The number of hydrogen-bond donors (Lipinski definition) is 3. The fraction of sp³-hybridized carbons (Fsp3) is 0.429. The summed E-state index contributed by atoms with van der Waals surface area (Å²) >= 11 is 1.02. The van der Waals surface area contributed by atoms with E-state index in [1.54, 1.807) is 6.07 Å². The molecule has 0 radical (unpaired) electrons. The molecule has 1 aromatic carbocycles. The maximum absolute atomic E-state index is 12.6. The maximum atomic E-state index is 12.6. The van der Waals surface area contributed by atoms with E-state index in [0.29, 0.717) is 5.00 Å². The first-order chi connectivity index (χ1) is 12.5. The summed E-state index contributed by atoms with van der Waals surface area (Å²) in [5.74, 6) is -1.36. The molecule has 1 unspecified atom stereocenters. The van der Waals surface area contributed by atoms with Crippen molar-refractivity contribution in [2.75, 3.05) is 5.32 Å². The van der Waals surface area contributed by atoms with Gasteiger partial charge in [0.2, 0.25) is 5.91 Å². The van der Waals surface area contributed by atoms with Gasteiger partial charge in [0.1, 0.15) is 10.9 Å². The Balaban J connectivity index is 1.85. The lowest BCUT2D eigenvalue weighted by Gasteiger charge is -2.42. The van der Waals surface area contributed by atoms with Crippen LogP contribution in [0.25, 0.3) is 0 Å². The number of thiophene rings is 1. The Morgan fingerprint density at radius 2 is 1.70 bits per heavy atom. The standard InChI is InChI=1S/C21H26N2O3S/c1-20(2)9-10-21(3,4)14-11-12(5-6-13(14)20)17(22)18(24)23-16-8-7-15(27-16)19(25)26/h5-8,11,17H,9-10,22H2,1-4H3,(H,23,24)(H,25,26). The highest BCUT2D eigenvalue weighted by molar-refractivity contribution is 7.18. The van der Waals surface area contributed by atoms with Crippen molar-refractivity contribution in [3.8, 4) is 0 Å².